The largest absolute Gasteiger partial charge is 0.497 e. The molecule has 0 aliphatic carbocycles. The molecular formula is C18H21O2P. The predicted molar refractivity (Wildman–Crippen MR) is 90.7 cm³/mol. The molecule has 0 aliphatic heterocycles. The number of rotatable bonds is 4. The zero-order valence-corrected chi connectivity index (χ0v) is 14.2. The molecule has 0 amide bonds. The minimum atomic E-state index is 0.145. The van der Waals surface area contributed by atoms with Crippen molar-refractivity contribution in [2.75, 3.05) is 7.11 Å². The minimum absolute atomic E-state index is 0.145. The summed E-state index contributed by atoms with van der Waals surface area (Å²) in [4.78, 5) is 12.7. The van der Waals surface area contributed by atoms with Crippen LogP contribution in [0.2, 0.25) is 0 Å². The van der Waals surface area contributed by atoms with Crippen LogP contribution in [0.15, 0.2) is 30.3 Å². The monoisotopic (exact) mass is 300 g/mol. The highest BCUT2D eigenvalue weighted by atomic mass is 31.1. The average Bonchev–Trinajstić information content (AvgIpc) is 2.45. The van der Waals surface area contributed by atoms with Crippen LogP contribution in [-0.4, -0.2) is 12.6 Å². The van der Waals surface area contributed by atoms with E-state index in [1.54, 1.807) is 7.11 Å². The Morgan fingerprint density at radius 3 is 2.14 bits per heavy atom. The molecule has 2 nitrogen and oxygen atoms in total. The summed E-state index contributed by atoms with van der Waals surface area (Å²) in [5.41, 5.74) is 5.73. The molecule has 110 valence electrons. The van der Waals surface area contributed by atoms with Gasteiger partial charge in [0.05, 0.1) is 7.11 Å². The third-order valence-corrected chi connectivity index (χ3v) is 5.03. The number of benzene rings is 2. The fourth-order valence-electron chi connectivity index (χ4n) is 2.50. The van der Waals surface area contributed by atoms with E-state index in [1.165, 1.54) is 11.1 Å². The summed E-state index contributed by atoms with van der Waals surface area (Å²) in [5, 5.41) is 1.04. The van der Waals surface area contributed by atoms with E-state index >= 15 is 0 Å². The number of hydrogen-bond acceptors (Lipinski definition) is 2. The maximum Gasteiger partial charge on any atom is 0.186 e. The molecule has 0 saturated carbocycles. The number of carbonyl (C=O) groups is 1. The second kappa shape index (κ2) is 6.41. The van der Waals surface area contributed by atoms with Crippen LogP contribution in [-0.2, 0) is 0 Å². The molecule has 1 atom stereocenters. The second-order valence-corrected chi connectivity index (χ2v) is 6.60. The molecule has 0 spiro atoms. The van der Waals surface area contributed by atoms with Crippen molar-refractivity contribution in [3.8, 4) is 5.75 Å². The van der Waals surface area contributed by atoms with Crippen molar-refractivity contribution >= 4 is 19.4 Å². The third kappa shape index (κ3) is 3.33. The normalized spacial score (nSPS) is 11.1. The van der Waals surface area contributed by atoms with Crippen molar-refractivity contribution in [3.63, 3.8) is 0 Å². The molecule has 0 N–H and O–H groups in total. The molecule has 0 heterocycles. The summed E-state index contributed by atoms with van der Waals surface area (Å²) in [6.07, 6.45) is 0. The van der Waals surface area contributed by atoms with E-state index in [0.29, 0.717) is 0 Å². The molecular weight excluding hydrogens is 279 g/mol. The molecule has 0 aromatic heterocycles. The van der Waals surface area contributed by atoms with Crippen molar-refractivity contribution in [2.24, 2.45) is 0 Å². The van der Waals surface area contributed by atoms with Crippen molar-refractivity contribution < 1.29 is 9.53 Å². The lowest BCUT2D eigenvalue weighted by Crippen LogP contribution is -2.06. The number of aryl methyl sites for hydroxylation is 2. The fourth-order valence-corrected chi connectivity index (χ4v) is 3.61. The van der Waals surface area contributed by atoms with Crippen LogP contribution in [0.1, 0.15) is 32.6 Å². The van der Waals surface area contributed by atoms with Crippen LogP contribution >= 0.6 is 8.58 Å². The van der Waals surface area contributed by atoms with E-state index in [9.17, 15) is 4.79 Å². The van der Waals surface area contributed by atoms with Gasteiger partial charge >= 0.3 is 0 Å². The maximum absolute atomic E-state index is 12.7. The van der Waals surface area contributed by atoms with Gasteiger partial charge in [0.2, 0.25) is 0 Å². The van der Waals surface area contributed by atoms with E-state index in [1.807, 2.05) is 38.1 Å². The van der Waals surface area contributed by atoms with E-state index in [4.69, 9.17) is 4.74 Å². The molecule has 0 saturated heterocycles. The Morgan fingerprint density at radius 1 is 0.952 bits per heavy atom. The highest BCUT2D eigenvalue weighted by molar-refractivity contribution is 7.66. The number of ether oxygens (including phenoxy) is 1. The molecule has 21 heavy (non-hydrogen) atoms. The fraction of sp³-hybridized carbons (Fsp3) is 0.278. The molecule has 0 fully saturated rings. The standard InChI is InChI=1S/C18H21O2P/c1-11-10-12(2)17(14(4)13(11)3)18(19)21-16-8-6-15(20-5)7-9-16/h6-10,21H,1-5H3. The lowest BCUT2D eigenvalue weighted by molar-refractivity contribution is 0.108. The zero-order valence-electron chi connectivity index (χ0n) is 13.2. The van der Waals surface area contributed by atoms with Crippen LogP contribution in [0, 0.1) is 27.7 Å². The van der Waals surface area contributed by atoms with Gasteiger partial charge in [-0.2, -0.15) is 0 Å². The summed E-state index contributed by atoms with van der Waals surface area (Å²) in [6, 6.07) is 9.82. The van der Waals surface area contributed by atoms with E-state index in [-0.39, 0.29) is 14.1 Å². The van der Waals surface area contributed by atoms with Gasteiger partial charge in [0, 0.05) is 5.56 Å². The Balaban J connectivity index is 2.30. The molecule has 3 heteroatoms. The molecule has 0 bridgehead atoms. The Labute approximate surface area is 128 Å². The quantitative estimate of drug-likeness (QED) is 0.796. The smallest absolute Gasteiger partial charge is 0.186 e. The predicted octanol–water partition coefficient (Wildman–Crippen LogP) is 4.07. The van der Waals surface area contributed by atoms with Crippen molar-refractivity contribution in [1.29, 1.82) is 0 Å². The first kappa shape index (κ1) is 15.7. The van der Waals surface area contributed by atoms with Gasteiger partial charge in [0.25, 0.3) is 0 Å². The number of hydrogen-bond donors (Lipinski definition) is 0. The van der Waals surface area contributed by atoms with Gasteiger partial charge in [-0.25, -0.2) is 0 Å². The van der Waals surface area contributed by atoms with Crippen molar-refractivity contribution in [2.45, 2.75) is 27.7 Å². The Morgan fingerprint density at radius 2 is 1.57 bits per heavy atom. The highest BCUT2D eigenvalue weighted by Crippen LogP contribution is 2.28. The molecule has 0 radical (unpaired) electrons. The number of carbonyl (C=O) groups excluding carboxylic acids is 1. The van der Waals surface area contributed by atoms with Gasteiger partial charge in [-0.15, -0.1) is 0 Å². The minimum Gasteiger partial charge on any atom is -0.497 e. The Bertz CT molecular complexity index is 673. The Kier molecular flexibility index (Phi) is 4.80. The topological polar surface area (TPSA) is 26.3 Å². The van der Waals surface area contributed by atoms with Gasteiger partial charge in [-0.3, -0.25) is 4.79 Å². The lowest BCUT2D eigenvalue weighted by Gasteiger charge is -2.14. The lowest BCUT2D eigenvalue weighted by atomic mass is 9.95. The first-order chi connectivity index (χ1) is 9.93. The summed E-state index contributed by atoms with van der Waals surface area (Å²) < 4.78 is 5.14. The molecule has 2 aromatic rings. The third-order valence-electron chi connectivity index (χ3n) is 3.93. The van der Waals surface area contributed by atoms with Crippen LogP contribution in [0.4, 0.5) is 0 Å². The first-order valence-electron chi connectivity index (χ1n) is 6.97. The summed E-state index contributed by atoms with van der Waals surface area (Å²) >= 11 is 0. The van der Waals surface area contributed by atoms with Crippen molar-refractivity contribution in [3.05, 3.63) is 58.1 Å². The van der Waals surface area contributed by atoms with Crippen LogP contribution in [0.5, 0.6) is 5.75 Å². The van der Waals surface area contributed by atoms with E-state index in [2.05, 4.69) is 19.9 Å². The maximum atomic E-state index is 12.7. The van der Waals surface area contributed by atoms with Gasteiger partial charge in [-0.1, -0.05) is 18.2 Å². The highest BCUT2D eigenvalue weighted by Gasteiger charge is 2.15. The zero-order chi connectivity index (χ0) is 15.6. The first-order valence-corrected chi connectivity index (χ1v) is 7.97. The molecule has 0 aliphatic rings. The SMILES string of the molecule is COc1ccc(PC(=O)c2c(C)cc(C)c(C)c2C)cc1. The Hall–Kier alpha value is -1.66. The average molecular weight is 300 g/mol. The van der Waals surface area contributed by atoms with Gasteiger partial charge in [0.1, 0.15) is 5.75 Å². The van der Waals surface area contributed by atoms with Crippen LogP contribution in [0.25, 0.3) is 0 Å². The molecule has 1 unspecified atom stereocenters. The summed E-state index contributed by atoms with van der Waals surface area (Å²) in [5.74, 6) is 0.814. The van der Waals surface area contributed by atoms with Crippen molar-refractivity contribution in [1.82, 2.24) is 0 Å². The second-order valence-electron chi connectivity index (χ2n) is 5.32. The summed E-state index contributed by atoms with van der Waals surface area (Å²) in [7, 11) is 1.79. The van der Waals surface area contributed by atoms with Crippen LogP contribution < -0.4 is 10.0 Å². The molecule has 2 aromatic carbocycles. The van der Waals surface area contributed by atoms with Gasteiger partial charge in [0.15, 0.2) is 5.52 Å². The molecule has 2 rings (SSSR count). The van der Waals surface area contributed by atoms with Gasteiger partial charge < -0.3 is 4.74 Å². The van der Waals surface area contributed by atoms with Crippen LogP contribution in [0.3, 0.4) is 0 Å². The number of methoxy groups -OCH3 is 1. The van der Waals surface area contributed by atoms with E-state index < -0.39 is 0 Å². The summed E-state index contributed by atoms with van der Waals surface area (Å²) in [6.45, 7) is 8.24. The van der Waals surface area contributed by atoms with E-state index in [0.717, 1.165) is 27.7 Å². The van der Waals surface area contributed by atoms with Gasteiger partial charge in [-0.05, 0) is 76.0 Å².